The van der Waals surface area contributed by atoms with Gasteiger partial charge in [0.25, 0.3) is 5.52 Å². The van der Waals surface area contributed by atoms with E-state index in [2.05, 4.69) is 5.92 Å². The van der Waals surface area contributed by atoms with Crippen LogP contribution >= 0.6 is 0 Å². The summed E-state index contributed by atoms with van der Waals surface area (Å²) in [6, 6.07) is 3.34. The van der Waals surface area contributed by atoms with E-state index in [1.807, 2.05) is 0 Å². The molecule has 5 heteroatoms. The van der Waals surface area contributed by atoms with Crippen LogP contribution in [0.2, 0.25) is 0 Å². The van der Waals surface area contributed by atoms with Gasteiger partial charge in [0.05, 0.1) is 12.5 Å². The van der Waals surface area contributed by atoms with E-state index >= 15 is 0 Å². The van der Waals surface area contributed by atoms with Gasteiger partial charge in [-0.2, -0.15) is 13.2 Å². The molecule has 1 heterocycles. The number of terminal acetylenes is 1. The molecule has 2 rings (SSSR count). The second-order valence-corrected chi connectivity index (χ2v) is 3.59. The van der Waals surface area contributed by atoms with E-state index < -0.39 is 11.7 Å². The zero-order valence-electron chi connectivity index (χ0n) is 9.01. The van der Waals surface area contributed by atoms with E-state index in [4.69, 9.17) is 10.8 Å². The highest BCUT2D eigenvalue weighted by molar-refractivity contribution is 5.70. The monoisotopic (exact) mass is 240 g/mol. The van der Waals surface area contributed by atoms with Crippen LogP contribution in [0, 0.1) is 19.3 Å². The Morgan fingerprint density at radius 1 is 1.41 bits per heavy atom. The Bertz CT molecular complexity index is 604. The minimum atomic E-state index is -4.37. The van der Waals surface area contributed by atoms with E-state index in [0.717, 1.165) is 12.1 Å². The first-order valence-corrected chi connectivity index (χ1v) is 4.87. The van der Waals surface area contributed by atoms with Crippen LogP contribution in [0.1, 0.15) is 11.5 Å². The van der Waals surface area contributed by atoms with E-state index in [9.17, 15) is 13.2 Å². The van der Waals surface area contributed by atoms with Gasteiger partial charge in [-0.25, -0.2) is 0 Å². The van der Waals surface area contributed by atoms with Crippen molar-refractivity contribution < 1.29 is 22.2 Å². The largest absolute Gasteiger partial charge is 0.416 e. The average Bonchev–Trinajstić information content (AvgIpc) is 2.54. The fourth-order valence-corrected chi connectivity index (χ4v) is 1.66. The number of hydrogen-bond acceptors (Lipinski definition) is 1. The first kappa shape index (κ1) is 11.5. The predicted octanol–water partition coefficient (Wildman–Crippen LogP) is 2.68. The van der Waals surface area contributed by atoms with Gasteiger partial charge in [0.1, 0.15) is 0 Å². The third-order valence-corrected chi connectivity index (χ3v) is 2.46. The van der Waals surface area contributed by atoms with Gasteiger partial charge in [-0.1, -0.05) is 0 Å². The lowest BCUT2D eigenvalue weighted by atomic mass is 10.2. The van der Waals surface area contributed by atoms with Crippen LogP contribution < -0.4 is 4.57 Å². The summed E-state index contributed by atoms with van der Waals surface area (Å²) in [6.07, 6.45) is 0.801. The average molecular weight is 240 g/mol. The molecule has 17 heavy (non-hydrogen) atoms. The minimum absolute atomic E-state index is 0.181. The van der Waals surface area contributed by atoms with Crippen molar-refractivity contribution in [2.24, 2.45) is 0 Å². The van der Waals surface area contributed by atoms with Crippen molar-refractivity contribution in [2.45, 2.75) is 19.6 Å². The topological polar surface area (TPSA) is 17.0 Å². The maximum Gasteiger partial charge on any atom is 0.416 e. The minimum Gasteiger partial charge on any atom is -0.402 e. The summed E-state index contributed by atoms with van der Waals surface area (Å²) in [5, 5.41) is 0. The molecular weight excluding hydrogens is 231 g/mol. The summed E-state index contributed by atoms with van der Waals surface area (Å²) < 4.78 is 44.5. The fraction of sp³-hybridized carbons (Fsp3) is 0.250. The molecule has 0 aliphatic rings. The second kappa shape index (κ2) is 3.81. The first-order chi connectivity index (χ1) is 7.93. The third-order valence-electron chi connectivity index (χ3n) is 2.46. The van der Waals surface area contributed by atoms with Crippen molar-refractivity contribution >= 4 is 11.1 Å². The standard InChI is InChI=1S/C12H9F3NO/c1-3-6-16-8(2)17-11-5-4-9(7-10(11)16)12(13,14)15/h1,4-5,7H,6H2,2H3/q+1. The van der Waals surface area contributed by atoms with E-state index in [1.54, 1.807) is 6.92 Å². The molecule has 0 aliphatic carbocycles. The van der Waals surface area contributed by atoms with E-state index in [1.165, 1.54) is 10.6 Å². The summed E-state index contributed by atoms with van der Waals surface area (Å²) >= 11 is 0. The number of benzene rings is 1. The summed E-state index contributed by atoms with van der Waals surface area (Å²) in [5.41, 5.74) is 0.0394. The molecule has 2 aromatic rings. The molecule has 0 spiro atoms. The highest BCUT2D eigenvalue weighted by Gasteiger charge is 2.32. The molecule has 0 atom stereocenters. The molecule has 1 aromatic heterocycles. The van der Waals surface area contributed by atoms with Gasteiger partial charge in [0.15, 0.2) is 0 Å². The summed E-state index contributed by atoms with van der Waals surface area (Å²) in [5.74, 6) is 2.87. The van der Waals surface area contributed by atoms with E-state index in [-0.39, 0.29) is 6.54 Å². The Balaban J connectivity index is 2.67. The van der Waals surface area contributed by atoms with Crippen molar-refractivity contribution in [3.63, 3.8) is 0 Å². The SMILES string of the molecule is C#CC[n+]1c(C)oc2ccc(C(F)(F)F)cc21. The Labute approximate surface area is 95.7 Å². The van der Waals surface area contributed by atoms with Gasteiger partial charge in [0.2, 0.25) is 12.1 Å². The Morgan fingerprint density at radius 2 is 2.12 bits per heavy atom. The molecule has 0 amide bonds. The van der Waals surface area contributed by atoms with Crippen LogP contribution in [0.15, 0.2) is 22.6 Å². The van der Waals surface area contributed by atoms with Crippen LogP contribution in [0.3, 0.4) is 0 Å². The molecular formula is C12H9F3NO+. The van der Waals surface area contributed by atoms with Gasteiger partial charge in [0, 0.05) is 6.07 Å². The van der Waals surface area contributed by atoms with Crippen molar-refractivity contribution in [1.29, 1.82) is 0 Å². The number of rotatable bonds is 1. The molecule has 0 unspecified atom stereocenters. The van der Waals surface area contributed by atoms with Crippen LogP contribution in [0.25, 0.3) is 11.1 Å². The first-order valence-electron chi connectivity index (χ1n) is 4.87. The Morgan fingerprint density at radius 3 is 2.71 bits per heavy atom. The van der Waals surface area contributed by atoms with Crippen molar-refractivity contribution in [1.82, 2.24) is 0 Å². The molecule has 0 saturated carbocycles. The summed E-state index contributed by atoms with van der Waals surface area (Å²) in [7, 11) is 0. The van der Waals surface area contributed by atoms with Crippen molar-refractivity contribution in [3.8, 4) is 12.3 Å². The van der Waals surface area contributed by atoms with Crippen LogP contribution in [-0.4, -0.2) is 0 Å². The number of nitrogens with zero attached hydrogens (tertiary/aromatic N) is 1. The number of fused-ring (bicyclic) bond motifs is 1. The number of hydrogen-bond donors (Lipinski definition) is 0. The predicted molar refractivity (Wildman–Crippen MR) is 55.0 cm³/mol. The Hall–Kier alpha value is -1.96. The Kier molecular flexibility index (Phi) is 2.58. The van der Waals surface area contributed by atoms with Crippen LogP contribution in [0.5, 0.6) is 0 Å². The molecule has 0 fully saturated rings. The van der Waals surface area contributed by atoms with Gasteiger partial charge in [-0.3, -0.25) is 0 Å². The second-order valence-electron chi connectivity index (χ2n) is 3.59. The number of halogens is 3. The van der Waals surface area contributed by atoms with Gasteiger partial charge < -0.3 is 4.42 Å². The van der Waals surface area contributed by atoms with Crippen LogP contribution in [0.4, 0.5) is 13.2 Å². The lowest BCUT2D eigenvalue weighted by Crippen LogP contribution is -2.34. The maximum absolute atomic E-state index is 12.6. The lowest BCUT2D eigenvalue weighted by Gasteiger charge is -2.04. The van der Waals surface area contributed by atoms with Gasteiger partial charge >= 0.3 is 12.1 Å². The number of oxazole rings is 1. The van der Waals surface area contributed by atoms with Crippen LogP contribution in [-0.2, 0) is 12.7 Å². The molecule has 0 aliphatic heterocycles. The zero-order valence-corrected chi connectivity index (χ0v) is 9.01. The van der Waals surface area contributed by atoms with Crippen molar-refractivity contribution in [2.75, 3.05) is 0 Å². The lowest BCUT2D eigenvalue weighted by molar-refractivity contribution is -0.670. The molecule has 88 valence electrons. The highest BCUT2D eigenvalue weighted by atomic mass is 19.4. The quantitative estimate of drug-likeness (QED) is 0.553. The highest BCUT2D eigenvalue weighted by Crippen LogP contribution is 2.31. The van der Waals surface area contributed by atoms with Gasteiger partial charge in [-0.05, 0) is 18.1 Å². The number of alkyl halides is 3. The smallest absolute Gasteiger partial charge is 0.402 e. The number of aryl methyl sites for hydroxylation is 1. The maximum atomic E-state index is 12.6. The van der Waals surface area contributed by atoms with E-state index in [0.29, 0.717) is 17.0 Å². The number of aromatic nitrogens is 1. The van der Waals surface area contributed by atoms with Crippen molar-refractivity contribution in [3.05, 3.63) is 29.7 Å². The fourth-order valence-electron chi connectivity index (χ4n) is 1.66. The van der Waals surface area contributed by atoms with Gasteiger partial charge in [-0.15, -0.1) is 11.0 Å². The summed E-state index contributed by atoms with van der Waals surface area (Å²) in [4.78, 5) is 0. The molecule has 2 nitrogen and oxygen atoms in total. The molecule has 0 radical (unpaired) electrons. The zero-order chi connectivity index (χ0) is 12.6. The molecule has 1 aromatic carbocycles. The molecule has 0 bridgehead atoms. The molecule has 0 saturated heterocycles. The third kappa shape index (κ3) is 1.98. The normalized spacial score (nSPS) is 11.7. The molecule has 0 N–H and O–H groups in total. The summed E-state index contributed by atoms with van der Waals surface area (Å²) in [6.45, 7) is 1.84.